The van der Waals surface area contributed by atoms with Crippen molar-refractivity contribution >= 4 is 11.9 Å². The van der Waals surface area contributed by atoms with Gasteiger partial charge in [0.25, 0.3) is 0 Å². The molecule has 1 N–H and O–H groups in total. The van der Waals surface area contributed by atoms with Gasteiger partial charge in [0.15, 0.2) is 0 Å². The Bertz CT molecular complexity index is 487. The SMILES string of the molecule is O=C(O)c1ccccc1OCCN1CCCCCC1=O. The van der Waals surface area contributed by atoms with Crippen molar-refractivity contribution in [3.05, 3.63) is 29.8 Å². The Hall–Kier alpha value is -2.04. The van der Waals surface area contributed by atoms with Crippen LogP contribution in [-0.4, -0.2) is 41.6 Å². The fourth-order valence-corrected chi connectivity index (χ4v) is 2.31. The molecule has 1 fully saturated rings. The quantitative estimate of drug-likeness (QED) is 0.895. The van der Waals surface area contributed by atoms with E-state index in [4.69, 9.17) is 9.84 Å². The molecule has 1 amide bonds. The minimum atomic E-state index is -1.01. The highest BCUT2D eigenvalue weighted by Crippen LogP contribution is 2.18. The number of carboxylic acid groups (broad SMARTS) is 1. The van der Waals surface area contributed by atoms with Crippen molar-refractivity contribution in [2.45, 2.75) is 25.7 Å². The molecule has 5 heteroatoms. The molecule has 1 aromatic rings. The lowest BCUT2D eigenvalue weighted by Gasteiger charge is -2.20. The van der Waals surface area contributed by atoms with Gasteiger partial charge in [-0.2, -0.15) is 0 Å². The van der Waals surface area contributed by atoms with E-state index >= 15 is 0 Å². The van der Waals surface area contributed by atoms with E-state index in [0.29, 0.717) is 25.3 Å². The predicted molar refractivity (Wildman–Crippen MR) is 73.9 cm³/mol. The first-order valence-electron chi connectivity index (χ1n) is 6.91. The first-order valence-corrected chi connectivity index (χ1v) is 6.91. The molecule has 1 heterocycles. The van der Waals surface area contributed by atoms with Gasteiger partial charge in [0, 0.05) is 13.0 Å². The standard InChI is InChI=1S/C15H19NO4/c17-14-8-2-1-5-9-16(14)10-11-20-13-7-4-3-6-12(13)15(18)19/h3-4,6-7H,1-2,5,8-11H2,(H,18,19). The first-order chi connectivity index (χ1) is 9.68. The fourth-order valence-electron chi connectivity index (χ4n) is 2.31. The van der Waals surface area contributed by atoms with E-state index in [1.807, 2.05) is 0 Å². The highest BCUT2D eigenvalue weighted by molar-refractivity contribution is 5.90. The molecule has 1 aromatic carbocycles. The third-order valence-electron chi connectivity index (χ3n) is 3.41. The monoisotopic (exact) mass is 277 g/mol. The van der Waals surface area contributed by atoms with Crippen LogP contribution in [0.4, 0.5) is 0 Å². The van der Waals surface area contributed by atoms with Crippen molar-refractivity contribution in [2.75, 3.05) is 19.7 Å². The molecule has 0 aliphatic carbocycles. The minimum Gasteiger partial charge on any atom is -0.491 e. The zero-order valence-corrected chi connectivity index (χ0v) is 11.4. The van der Waals surface area contributed by atoms with Crippen LogP contribution in [0.5, 0.6) is 5.75 Å². The van der Waals surface area contributed by atoms with E-state index in [1.165, 1.54) is 6.07 Å². The van der Waals surface area contributed by atoms with E-state index < -0.39 is 5.97 Å². The molecule has 5 nitrogen and oxygen atoms in total. The van der Waals surface area contributed by atoms with Crippen LogP contribution < -0.4 is 4.74 Å². The van der Waals surface area contributed by atoms with Gasteiger partial charge in [-0.3, -0.25) is 4.79 Å². The second-order valence-corrected chi connectivity index (χ2v) is 4.84. The first kappa shape index (κ1) is 14.4. The van der Waals surface area contributed by atoms with Gasteiger partial charge in [-0.05, 0) is 25.0 Å². The molecular weight excluding hydrogens is 258 g/mol. The van der Waals surface area contributed by atoms with Gasteiger partial charge in [-0.25, -0.2) is 4.79 Å². The molecule has 0 unspecified atom stereocenters. The van der Waals surface area contributed by atoms with Gasteiger partial charge in [0.1, 0.15) is 17.9 Å². The maximum absolute atomic E-state index is 11.8. The number of amides is 1. The van der Waals surface area contributed by atoms with Crippen molar-refractivity contribution in [1.29, 1.82) is 0 Å². The predicted octanol–water partition coefficient (Wildman–Crippen LogP) is 2.17. The average Bonchev–Trinajstić information content (AvgIpc) is 2.64. The molecular formula is C15H19NO4. The summed E-state index contributed by atoms with van der Waals surface area (Å²) < 4.78 is 5.52. The van der Waals surface area contributed by atoms with Gasteiger partial charge in [0.05, 0.1) is 6.54 Å². The number of carboxylic acids is 1. The number of hydrogen-bond acceptors (Lipinski definition) is 3. The van der Waals surface area contributed by atoms with Crippen molar-refractivity contribution in [2.24, 2.45) is 0 Å². The topological polar surface area (TPSA) is 66.8 Å². The van der Waals surface area contributed by atoms with Gasteiger partial charge in [0.2, 0.25) is 5.91 Å². The van der Waals surface area contributed by atoms with Gasteiger partial charge in [-0.1, -0.05) is 18.6 Å². The molecule has 1 aliphatic heterocycles. The maximum atomic E-state index is 11.8. The lowest BCUT2D eigenvalue weighted by atomic mass is 10.2. The smallest absolute Gasteiger partial charge is 0.339 e. The molecule has 1 aliphatic rings. The Morgan fingerprint density at radius 3 is 2.85 bits per heavy atom. The molecule has 0 radical (unpaired) electrons. The molecule has 20 heavy (non-hydrogen) atoms. The summed E-state index contributed by atoms with van der Waals surface area (Å²) >= 11 is 0. The zero-order chi connectivity index (χ0) is 14.4. The second-order valence-electron chi connectivity index (χ2n) is 4.84. The second kappa shape index (κ2) is 6.93. The largest absolute Gasteiger partial charge is 0.491 e. The van der Waals surface area contributed by atoms with Crippen LogP contribution in [0, 0.1) is 0 Å². The highest BCUT2D eigenvalue weighted by Gasteiger charge is 2.16. The Morgan fingerprint density at radius 1 is 1.25 bits per heavy atom. The summed E-state index contributed by atoms with van der Waals surface area (Å²) in [5.74, 6) is -0.494. The van der Waals surface area contributed by atoms with E-state index in [0.717, 1.165) is 25.8 Å². The average molecular weight is 277 g/mol. The summed E-state index contributed by atoms with van der Waals surface area (Å²) in [7, 11) is 0. The summed E-state index contributed by atoms with van der Waals surface area (Å²) in [5, 5.41) is 9.05. The molecule has 108 valence electrons. The van der Waals surface area contributed by atoms with Gasteiger partial charge >= 0.3 is 5.97 Å². The van der Waals surface area contributed by atoms with Crippen LogP contribution in [0.25, 0.3) is 0 Å². The zero-order valence-electron chi connectivity index (χ0n) is 11.4. The van der Waals surface area contributed by atoms with Crippen molar-refractivity contribution in [3.63, 3.8) is 0 Å². The molecule has 1 saturated heterocycles. The van der Waals surface area contributed by atoms with Crippen LogP contribution in [0.1, 0.15) is 36.0 Å². The molecule has 0 saturated carbocycles. The van der Waals surface area contributed by atoms with Gasteiger partial charge in [-0.15, -0.1) is 0 Å². The number of ether oxygens (including phenoxy) is 1. The molecule has 0 spiro atoms. The highest BCUT2D eigenvalue weighted by atomic mass is 16.5. The van der Waals surface area contributed by atoms with Crippen molar-refractivity contribution < 1.29 is 19.4 Å². The van der Waals surface area contributed by atoms with Crippen molar-refractivity contribution in [1.82, 2.24) is 4.90 Å². The van der Waals surface area contributed by atoms with Crippen LogP contribution in [0.15, 0.2) is 24.3 Å². The summed E-state index contributed by atoms with van der Waals surface area (Å²) in [6, 6.07) is 6.54. The van der Waals surface area contributed by atoms with E-state index in [1.54, 1.807) is 23.1 Å². The van der Waals surface area contributed by atoms with E-state index in [-0.39, 0.29) is 11.5 Å². The van der Waals surface area contributed by atoms with Crippen LogP contribution >= 0.6 is 0 Å². The third kappa shape index (κ3) is 3.73. The number of aromatic carboxylic acids is 1. The number of carbonyl (C=O) groups excluding carboxylic acids is 1. The molecule has 0 aromatic heterocycles. The number of nitrogens with zero attached hydrogens (tertiary/aromatic N) is 1. The summed E-state index contributed by atoms with van der Waals surface area (Å²) in [5.41, 5.74) is 0.148. The minimum absolute atomic E-state index is 0.148. The fraction of sp³-hybridized carbons (Fsp3) is 0.467. The van der Waals surface area contributed by atoms with Crippen molar-refractivity contribution in [3.8, 4) is 5.75 Å². The summed E-state index contributed by atoms with van der Waals surface area (Å²) in [4.78, 5) is 24.6. The lowest BCUT2D eigenvalue weighted by molar-refractivity contribution is -0.131. The summed E-state index contributed by atoms with van der Waals surface area (Å²) in [6.45, 7) is 1.59. The normalized spacial score (nSPS) is 15.8. The number of benzene rings is 1. The van der Waals surface area contributed by atoms with E-state index in [2.05, 4.69) is 0 Å². The van der Waals surface area contributed by atoms with Crippen LogP contribution in [0.3, 0.4) is 0 Å². The van der Waals surface area contributed by atoms with Crippen LogP contribution in [0.2, 0.25) is 0 Å². The number of carbonyl (C=O) groups is 2. The Kier molecular flexibility index (Phi) is 4.98. The molecule has 2 rings (SSSR count). The number of likely N-dealkylation sites (tertiary alicyclic amines) is 1. The number of hydrogen-bond donors (Lipinski definition) is 1. The summed E-state index contributed by atoms with van der Waals surface area (Å²) in [6.07, 6.45) is 3.67. The lowest BCUT2D eigenvalue weighted by Crippen LogP contribution is -2.34. The van der Waals surface area contributed by atoms with E-state index in [9.17, 15) is 9.59 Å². The molecule has 0 atom stereocenters. The Balaban J connectivity index is 1.89. The number of para-hydroxylation sites is 1. The third-order valence-corrected chi connectivity index (χ3v) is 3.41. The maximum Gasteiger partial charge on any atom is 0.339 e. The number of rotatable bonds is 5. The Morgan fingerprint density at radius 2 is 2.05 bits per heavy atom. The molecule has 0 bridgehead atoms. The Labute approximate surface area is 118 Å². The van der Waals surface area contributed by atoms with Gasteiger partial charge < -0.3 is 14.7 Å². The van der Waals surface area contributed by atoms with Crippen LogP contribution in [-0.2, 0) is 4.79 Å².